The van der Waals surface area contributed by atoms with E-state index in [4.69, 9.17) is 28.3 Å². The summed E-state index contributed by atoms with van der Waals surface area (Å²) in [4.78, 5) is 20.6. The van der Waals surface area contributed by atoms with Crippen LogP contribution in [-0.4, -0.2) is 33.6 Å². The number of nitrogens with zero attached hydrogens (tertiary/aromatic N) is 3. The molecule has 1 aliphatic heterocycles. The van der Waals surface area contributed by atoms with Crippen LogP contribution in [0.25, 0.3) is 0 Å². The first-order valence-corrected chi connectivity index (χ1v) is 6.03. The molecule has 0 amide bonds. The predicted molar refractivity (Wildman–Crippen MR) is 64.7 cm³/mol. The Hall–Kier alpha value is -1.07. The SMILES string of the molecule is O=C(O)C1CCCCN1c1cc(Cl)nc(Cl)n1. The second-order valence-electron chi connectivity index (χ2n) is 3.86. The second kappa shape index (κ2) is 5.06. The van der Waals surface area contributed by atoms with Crippen molar-refractivity contribution in [3.05, 3.63) is 16.5 Å². The van der Waals surface area contributed by atoms with Crippen LogP contribution in [-0.2, 0) is 4.79 Å². The van der Waals surface area contributed by atoms with Crippen LogP contribution in [0.3, 0.4) is 0 Å². The average molecular weight is 276 g/mol. The third-order valence-corrected chi connectivity index (χ3v) is 3.10. The molecule has 7 heteroatoms. The zero-order valence-corrected chi connectivity index (χ0v) is 10.4. The fraction of sp³-hybridized carbons (Fsp3) is 0.500. The van der Waals surface area contributed by atoms with Gasteiger partial charge in [0, 0.05) is 12.6 Å². The van der Waals surface area contributed by atoms with Gasteiger partial charge in [0.25, 0.3) is 0 Å². The van der Waals surface area contributed by atoms with Crippen molar-refractivity contribution in [1.82, 2.24) is 9.97 Å². The minimum Gasteiger partial charge on any atom is -0.480 e. The molecule has 0 spiro atoms. The molecule has 0 aromatic carbocycles. The largest absolute Gasteiger partial charge is 0.480 e. The maximum Gasteiger partial charge on any atom is 0.326 e. The second-order valence-corrected chi connectivity index (χ2v) is 4.59. The molecule has 1 atom stereocenters. The van der Waals surface area contributed by atoms with E-state index in [9.17, 15) is 4.79 Å². The zero-order chi connectivity index (χ0) is 12.4. The third-order valence-electron chi connectivity index (χ3n) is 2.74. The fourth-order valence-electron chi connectivity index (χ4n) is 1.99. The Bertz CT molecular complexity index is 421. The number of carboxylic acids is 1. The number of aliphatic carboxylic acids is 1. The van der Waals surface area contributed by atoms with E-state index in [1.54, 1.807) is 4.90 Å². The van der Waals surface area contributed by atoms with E-state index in [2.05, 4.69) is 9.97 Å². The molecule has 1 fully saturated rings. The van der Waals surface area contributed by atoms with Crippen molar-refractivity contribution in [1.29, 1.82) is 0 Å². The molecule has 1 aromatic rings. The predicted octanol–water partition coefficient (Wildman–Crippen LogP) is 2.23. The van der Waals surface area contributed by atoms with Crippen molar-refractivity contribution < 1.29 is 9.90 Å². The Balaban J connectivity index is 2.32. The van der Waals surface area contributed by atoms with E-state index < -0.39 is 12.0 Å². The quantitative estimate of drug-likeness (QED) is 0.662. The summed E-state index contributed by atoms with van der Waals surface area (Å²) in [6.45, 7) is 0.640. The molecule has 1 saturated heterocycles. The summed E-state index contributed by atoms with van der Waals surface area (Å²) < 4.78 is 0. The van der Waals surface area contributed by atoms with Gasteiger partial charge in [-0.25, -0.2) is 14.8 Å². The number of hydrogen-bond acceptors (Lipinski definition) is 4. The smallest absolute Gasteiger partial charge is 0.326 e. The zero-order valence-electron chi connectivity index (χ0n) is 8.94. The van der Waals surface area contributed by atoms with Gasteiger partial charge in [0.1, 0.15) is 17.0 Å². The molecule has 0 aliphatic carbocycles. The summed E-state index contributed by atoms with van der Waals surface area (Å²) in [5.41, 5.74) is 0. The molecule has 5 nitrogen and oxygen atoms in total. The lowest BCUT2D eigenvalue weighted by atomic mass is 10.0. The van der Waals surface area contributed by atoms with Gasteiger partial charge in [-0.2, -0.15) is 0 Å². The monoisotopic (exact) mass is 275 g/mol. The summed E-state index contributed by atoms with van der Waals surface area (Å²) in [5, 5.41) is 9.40. The highest BCUT2D eigenvalue weighted by Gasteiger charge is 2.29. The van der Waals surface area contributed by atoms with Crippen LogP contribution < -0.4 is 4.90 Å². The molecule has 1 aromatic heterocycles. The molecule has 2 rings (SSSR count). The summed E-state index contributed by atoms with van der Waals surface area (Å²) >= 11 is 11.5. The Kier molecular flexibility index (Phi) is 3.69. The lowest BCUT2D eigenvalue weighted by molar-refractivity contribution is -0.139. The number of halogens is 2. The number of anilines is 1. The molecule has 1 aliphatic rings. The Morgan fingerprint density at radius 2 is 2.18 bits per heavy atom. The molecular formula is C10H11Cl2N3O2. The van der Waals surface area contributed by atoms with Gasteiger partial charge in [-0.15, -0.1) is 0 Å². The van der Waals surface area contributed by atoms with E-state index in [1.807, 2.05) is 0 Å². The first-order chi connectivity index (χ1) is 8.08. The van der Waals surface area contributed by atoms with Gasteiger partial charge in [0.15, 0.2) is 0 Å². The fourth-order valence-corrected chi connectivity index (χ4v) is 2.39. The van der Waals surface area contributed by atoms with Crippen LogP contribution in [0, 0.1) is 0 Å². The van der Waals surface area contributed by atoms with Gasteiger partial charge >= 0.3 is 5.97 Å². The summed E-state index contributed by atoms with van der Waals surface area (Å²) in [7, 11) is 0. The highest BCUT2D eigenvalue weighted by atomic mass is 35.5. The summed E-state index contributed by atoms with van der Waals surface area (Å²) in [6.07, 6.45) is 2.44. The van der Waals surface area contributed by atoms with Crippen molar-refractivity contribution in [2.24, 2.45) is 0 Å². The Morgan fingerprint density at radius 1 is 1.41 bits per heavy atom. The van der Waals surface area contributed by atoms with Crippen molar-refractivity contribution in [3.63, 3.8) is 0 Å². The molecule has 1 N–H and O–H groups in total. The maximum absolute atomic E-state index is 11.2. The van der Waals surface area contributed by atoms with Gasteiger partial charge in [-0.05, 0) is 30.9 Å². The molecule has 2 heterocycles. The minimum absolute atomic E-state index is 0.0298. The van der Waals surface area contributed by atoms with Crippen LogP contribution in [0.4, 0.5) is 5.82 Å². The molecule has 0 radical (unpaired) electrons. The molecule has 1 unspecified atom stereocenters. The van der Waals surface area contributed by atoms with Gasteiger partial charge in [0.05, 0.1) is 0 Å². The molecule has 17 heavy (non-hydrogen) atoms. The van der Waals surface area contributed by atoms with Crippen molar-refractivity contribution >= 4 is 35.0 Å². The van der Waals surface area contributed by atoms with E-state index in [-0.39, 0.29) is 10.4 Å². The highest BCUT2D eigenvalue weighted by molar-refractivity contribution is 6.32. The maximum atomic E-state index is 11.2. The van der Waals surface area contributed by atoms with Gasteiger partial charge in [-0.1, -0.05) is 11.6 Å². The van der Waals surface area contributed by atoms with Crippen molar-refractivity contribution in [2.75, 3.05) is 11.4 Å². The van der Waals surface area contributed by atoms with Crippen LogP contribution in [0.2, 0.25) is 10.4 Å². The lowest BCUT2D eigenvalue weighted by Gasteiger charge is -2.33. The molecule has 0 saturated carbocycles. The lowest BCUT2D eigenvalue weighted by Crippen LogP contribution is -2.45. The first kappa shape index (κ1) is 12.4. The van der Waals surface area contributed by atoms with E-state index in [1.165, 1.54) is 6.07 Å². The topological polar surface area (TPSA) is 66.3 Å². The van der Waals surface area contributed by atoms with Crippen molar-refractivity contribution in [2.45, 2.75) is 25.3 Å². The van der Waals surface area contributed by atoms with Gasteiger partial charge in [-0.3, -0.25) is 0 Å². The normalized spacial score (nSPS) is 20.4. The summed E-state index contributed by atoms with van der Waals surface area (Å²) in [5.74, 6) is -0.377. The number of hydrogen-bond donors (Lipinski definition) is 1. The van der Waals surface area contributed by atoms with Crippen molar-refractivity contribution in [3.8, 4) is 0 Å². The van der Waals surface area contributed by atoms with E-state index >= 15 is 0 Å². The summed E-state index contributed by atoms with van der Waals surface area (Å²) in [6, 6.07) is 0.972. The number of carbonyl (C=O) groups is 1. The number of aromatic nitrogens is 2. The molecular weight excluding hydrogens is 265 g/mol. The van der Waals surface area contributed by atoms with Gasteiger partial charge < -0.3 is 10.0 Å². The number of piperidine rings is 1. The van der Waals surface area contributed by atoms with Crippen LogP contribution in [0.5, 0.6) is 0 Å². The average Bonchev–Trinajstić information content (AvgIpc) is 2.27. The number of rotatable bonds is 2. The van der Waals surface area contributed by atoms with E-state index in [0.717, 1.165) is 12.8 Å². The Morgan fingerprint density at radius 3 is 2.82 bits per heavy atom. The Labute approximate surface area is 108 Å². The molecule has 92 valence electrons. The molecule has 0 bridgehead atoms. The van der Waals surface area contributed by atoms with Gasteiger partial charge in [0.2, 0.25) is 5.28 Å². The number of carboxylic acid groups (broad SMARTS) is 1. The highest BCUT2D eigenvalue weighted by Crippen LogP contribution is 2.25. The standard InChI is InChI=1S/C10H11Cl2N3O2/c11-7-5-8(14-10(12)13-7)15-4-2-1-3-6(15)9(16)17/h5-6H,1-4H2,(H,16,17). The minimum atomic E-state index is -0.851. The van der Waals surface area contributed by atoms with Crippen LogP contribution in [0.15, 0.2) is 6.07 Å². The van der Waals surface area contributed by atoms with Crippen LogP contribution in [0.1, 0.15) is 19.3 Å². The van der Waals surface area contributed by atoms with Crippen LogP contribution >= 0.6 is 23.2 Å². The first-order valence-electron chi connectivity index (χ1n) is 5.27. The third kappa shape index (κ3) is 2.79. The van der Waals surface area contributed by atoms with E-state index in [0.29, 0.717) is 18.8 Å².